The van der Waals surface area contributed by atoms with E-state index in [9.17, 15) is 4.79 Å². The predicted octanol–water partition coefficient (Wildman–Crippen LogP) is 4.52. The normalized spacial score (nSPS) is 18.5. The van der Waals surface area contributed by atoms with Crippen LogP contribution in [0.1, 0.15) is 41.4 Å². The van der Waals surface area contributed by atoms with Gasteiger partial charge >= 0.3 is 0 Å². The number of aryl methyl sites for hydroxylation is 2. The first-order chi connectivity index (χ1) is 15.7. The average Bonchev–Trinajstić information content (AvgIpc) is 3.13. The molecule has 0 spiro atoms. The average molecular weight is 507 g/mol. The van der Waals surface area contributed by atoms with Crippen LogP contribution in [0.4, 0.5) is 0 Å². The van der Waals surface area contributed by atoms with Crippen LogP contribution in [0.25, 0.3) is 5.69 Å². The molecular weight excluding hydrogens is 483 g/mol. The molecule has 174 valence electrons. The number of nitrogens with zero attached hydrogens (tertiary/aromatic N) is 6. The second kappa shape index (κ2) is 9.97. The van der Waals surface area contributed by atoms with Crippen LogP contribution in [0, 0.1) is 13.8 Å². The molecule has 2 aromatic heterocycles. The first-order valence-corrected chi connectivity index (χ1v) is 12.2. The van der Waals surface area contributed by atoms with Crippen molar-refractivity contribution in [2.24, 2.45) is 0 Å². The van der Waals surface area contributed by atoms with Gasteiger partial charge < -0.3 is 9.64 Å². The highest BCUT2D eigenvalue weighted by atomic mass is 35.5. The lowest BCUT2D eigenvalue weighted by molar-refractivity contribution is -0.0587. The molecule has 0 N–H and O–H groups in total. The lowest BCUT2D eigenvalue weighted by Crippen LogP contribution is -2.48. The first kappa shape index (κ1) is 23.9. The summed E-state index contributed by atoms with van der Waals surface area (Å²) < 4.78 is 7.38. The van der Waals surface area contributed by atoms with Gasteiger partial charge in [-0.25, -0.2) is 14.6 Å². The molecule has 1 amide bonds. The van der Waals surface area contributed by atoms with Gasteiger partial charge in [0.05, 0.1) is 23.6 Å². The molecule has 8 nitrogen and oxygen atoms in total. The minimum atomic E-state index is -0.187. The van der Waals surface area contributed by atoms with Gasteiger partial charge in [0, 0.05) is 40.3 Å². The fourth-order valence-electron chi connectivity index (χ4n) is 3.85. The van der Waals surface area contributed by atoms with Crippen molar-refractivity contribution in [1.82, 2.24) is 29.9 Å². The molecular formula is C22H24Cl2N6O2S. The van der Waals surface area contributed by atoms with E-state index in [2.05, 4.69) is 20.3 Å². The van der Waals surface area contributed by atoms with Crippen molar-refractivity contribution in [3.8, 4) is 5.69 Å². The summed E-state index contributed by atoms with van der Waals surface area (Å²) in [5, 5.41) is 10.1. The molecule has 0 aliphatic carbocycles. The number of carbonyl (C=O) groups excluding carboxylic acids is 1. The number of rotatable bonds is 5. The molecule has 1 aromatic carbocycles. The molecule has 0 saturated carbocycles. The van der Waals surface area contributed by atoms with Crippen molar-refractivity contribution in [3.63, 3.8) is 0 Å². The van der Waals surface area contributed by atoms with Gasteiger partial charge in [-0.1, -0.05) is 40.2 Å². The van der Waals surface area contributed by atoms with Crippen molar-refractivity contribution in [2.75, 3.05) is 13.1 Å². The van der Waals surface area contributed by atoms with Crippen molar-refractivity contribution >= 4 is 40.9 Å². The van der Waals surface area contributed by atoms with Crippen LogP contribution < -0.4 is 0 Å². The van der Waals surface area contributed by atoms with E-state index in [4.69, 9.17) is 27.9 Å². The minimum Gasteiger partial charge on any atom is -0.372 e. The number of benzene rings is 1. The lowest BCUT2D eigenvalue weighted by atomic mass is 10.2. The van der Waals surface area contributed by atoms with E-state index < -0.39 is 0 Å². The van der Waals surface area contributed by atoms with Gasteiger partial charge in [-0.15, -0.1) is 5.10 Å². The third-order valence-corrected chi connectivity index (χ3v) is 6.36. The van der Waals surface area contributed by atoms with Crippen LogP contribution >= 0.6 is 35.0 Å². The van der Waals surface area contributed by atoms with Crippen molar-refractivity contribution in [1.29, 1.82) is 0 Å². The molecule has 2 unspecified atom stereocenters. The largest absolute Gasteiger partial charge is 0.372 e. The zero-order valence-electron chi connectivity index (χ0n) is 18.7. The van der Waals surface area contributed by atoms with E-state index in [0.717, 1.165) is 11.4 Å². The summed E-state index contributed by atoms with van der Waals surface area (Å²) in [5.41, 5.74) is 3.29. The van der Waals surface area contributed by atoms with Gasteiger partial charge in [-0.05, 0) is 52.0 Å². The minimum absolute atomic E-state index is 0.0547. The third kappa shape index (κ3) is 5.66. The highest BCUT2D eigenvalue weighted by Crippen LogP contribution is 2.27. The van der Waals surface area contributed by atoms with E-state index >= 15 is 0 Å². The number of morpholine rings is 1. The molecule has 1 saturated heterocycles. The maximum Gasteiger partial charge on any atom is 0.276 e. The quantitative estimate of drug-likeness (QED) is 0.371. The monoisotopic (exact) mass is 506 g/mol. The molecule has 1 aliphatic rings. The smallest absolute Gasteiger partial charge is 0.276 e. The van der Waals surface area contributed by atoms with E-state index in [1.807, 2.05) is 33.8 Å². The number of aromatic nitrogens is 5. The summed E-state index contributed by atoms with van der Waals surface area (Å²) in [7, 11) is 0. The van der Waals surface area contributed by atoms with Crippen molar-refractivity contribution in [2.45, 2.75) is 50.8 Å². The number of amides is 1. The summed E-state index contributed by atoms with van der Waals surface area (Å²) in [4.78, 5) is 24.2. The van der Waals surface area contributed by atoms with Crippen LogP contribution in [0.3, 0.4) is 0 Å². The molecule has 0 bridgehead atoms. The summed E-state index contributed by atoms with van der Waals surface area (Å²) in [6.07, 6.45) is -0.109. The maximum absolute atomic E-state index is 13.5. The molecule has 0 radical (unpaired) electrons. The summed E-state index contributed by atoms with van der Waals surface area (Å²) >= 11 is 13.9. The standard InChI is InChI=1S/C22H24Cl2N6O2S/c1-12-5-13(2)26-22(25-12)33-11-19-20(21(31)29-9-14(3)32-15(4)10-29)27-28-30(19)18-7-16(23)6-17(24)8-18/h5-8,14-15H,9-11H2,1-4H3. The number of carbonyl (C=O) groups is 1. The van der Waals surface area contributed by atoms with E-state index in [1.165, 1.54) is 11.8 Å². The van der Waals surface area contributed by atoms with Crippen LogP contribution in [-0.2, 0) is 10.5 Å². The van der Waals surface area contributed by atoms with Gasteiger partial charge in [0.15, 0.2) is 10.9 Å². The highest BCUT2D eigenvalue weighted by molar-refractivity contribution is 7.98. The fraction of sp³-hybridized carbons (Fsp3) is 0.409. The SMILES string of the molecule is Cc1cc(C)nc(SCc2c(C(=O)N3CC(C)OC(C)C3)nnn2-c2cc(Cl)cc(Cl)c2)n1. The maximum atomic E-state index is 13.5. The van der Waals surface area contributed by atoms with Crippen LogP contribution in [-0.4, -0.2) is 61.1 Å². The third-order valence-electron chi connectivity index (χ3n) is 5.06. The van der Waals surface area contributed by atoms with Crippen LogP contribution in [0.2, 0.25) is 10.0 Å². The number of hydrogen-bond donors (Lipinski definition) is 0. The zero-order valence-corrected chi connectivity index (χ0v) is 21.1. The number of hydrogen-bond acceptors (Lipinski definition) is 7. The Morgan fingerprint density at radius 2 is 1.67 bits per heavy atom. The second-order valence-corrected chi connectivity index (χ2v) is 9.93. The number of ether oxygens (including phenoxy) is 1. The molecule has 1 fully saturated rings. The molecule has 3 heterocycles. The highest BCUT2D eigenvalue weighted by Gasteiger charge is 2.31. The van der Waals surface area contributed by atoms with Crippen LogP contribution in [0.5, 0.6) is 0 Å². The number of halogens is 2. The van der Waals surface area contributed by atoms with Gasteiger partial charge in [0.2, 0.25) is 0 Å². The molecule has 1 aliphatic heterocycles. The Morgan fingerprint density at radius 3 is 2.27 bits per heavy atom. The van der Waals surface area contributed by atoms with Gasteiger partial charge in [0.25, 0.3) is 5.91 Å². The molecule has 3 aromatic rings. The van der Waals surface area contributed by atoms with Gasteiger partial charge in [-0.3, -0.25) is 4.79 Å². The molecule has 4 rings (SSSR count). The topological polar surface area (TPSA) is 86.0 Å². The zero-order chi connectivity index (χ0) is 23.7. The molecule has 33 heavy (non-hydrogen) atoms. The Bertz CT molecular complexity index is 1140. The van der Waals surface area contributed by atoms with Crippen LogP contribution in [0.15, 0.2) is 29.4 Å². The van der Waals surface area contributed by atoms with Crippen molar-refractivity contribution in [3.05, 3.63) is 57.1 Å². The van der Waals surface area contributed by atoms with E-state index in [-0.39, 0.29) is 23.8 Å². The Labute approximate surface area is 206 Å². The Hall–Kier alpha value is -2.20. The predicted molar refractivity (Wildman–Crippen MR) is 128 cm³/mol. The molecule has 2 atom stereocenters. The summed E-state index contributed by atoms with van der Waals surface area (Å²) in [6.45, 7) is 8.74. The van der Waals surface area contributed by atoms with E-state index in [0.29, 0.717) is 45.4 Å². The first-order valence-electron chi connectivity index (χ1n) is 10.5. The second-order valence-electron chi connectivity index (χ2n) is 8.11. The van der Waals surface area contributed by atoms with Gasteiger partial charge in [-0.2, -0.15) is 0 Å². The van der Waals surface area contributed by atoms with Crippen molar-refractivity contribution < 1.29 is 9.53 Å². The Balaban J connectivity index is 1.71. The number of thioether (sulfide) groups is 1. The summed E-state index contributed by atoms with van der Waals surface area (Å²) in [5.74, 6) is 0.199. The Kier molecular flexibility index (Phi) is 7.23. The van der Waals surface area contributed by atoms with E-state index in [1.54, 1.807) is 27.8 Å². The van der Waals surface area contributed by atoms with Gasteiger partial charge in [0.1, 0.15) is 0 Å². The fourth-order valence-corrected chi connectivity index (χ4v) is 5.31. The molecule has 11 heteroatoms. The Morgan fingerprint density at radius 1 is 1.06 bits per heavy atom. The lowest BCUT2D eigenvalue weighted by Gasteiger charge is -2.35. The summed E-state index contributed by atoms with van der Waals surface area (Å²) in [6, 6.07) is 7.02.